The number of aryl methyl sites for hydroxylation is 1. The fraction of sp³-hybridized carbons (Fsp3) is 0.0714. The summed E-state index contributed by atoms with van der Waals surface area (Å²) < 4.78 is 0.830. The SMILES string of the molecule is Cc1ccc(Cl)c(Nc2ccc(C(N)=S)cc2Br)c1Cl. The van der Waals surface area contributed by atoms with Crippen LogP contribution in [-0.4, -0.2) is 4.99 Å². The van der Waals surface area contributed by atoms with Crippen molar-refractivity contribution in [3.8, 4) is 0 Å². The first-order valence-corrected chi connectivity index (χ1v) is 7.67. The number of nitrogens with two attached hydrogens (primary N) is 1. The molecule has 0 aliphatic rings. The average molecular weight is 390 g/mol. The molecule has 20 heavy (non-hydrogen) atoms. The van der Waals surface area contributed by atoms with Gasteiger partial charge in [0, 0.05) is 10.0 Å². The molecule has 2 aromatic rings. The summed E-state index contributed by atoms with van der Waals surface area (Å²) >= 11 is 20.9. The largest absolute Gasteiger partial charge is 0.389 e. The zero-order chi connectivity index (χ0) is 14.9. The molecule has 2 nitrogen and oxygen atoms in total. The van der Waals surface area contributed by atoms with Crippen molar-refractivity contribution in [1.29, 1.82) is 0 Å². The topological polar surface area (TPSA) is 38.0 Å². The second-order valence-corrected chi connectivity index (χ2v) is 6.32. The van der Waals surface area contributed by atoms with Crippen LogP contribution in [0.5, 0.6) is 0 Å². The number of thiocarbonyl (C=S) groups is 1. The van der Waals surface area contributed by atoms with E-state index in [2.05, 4.69) is 21.2 Å². The van der Waals surface area contributed by atoms with Crippen molar-refractivity contribution in [3.63, 3.8) is 0 Å². The Kier molecular flexibility index (Phi) is 4.91. The van der Waals surface area contributed by atoms with Crippen LogP contribution in [0, 0.1) is 6.92 Å². The first kappa shape index (κ1) is 15.6. The number of nitrogens with one attached hydrogen (secondary N) is 1. The first-order chi connectivity index (χ1) is 9.40. The van der Waals surface area contributed by atoms with E-state index in [0.717, 1.165) is 21.3 Å². The second-order valence-electron chi connectivity index (χ2n) is 4.24. The molecule has 0 amide bonds. The Morgan fingerprint density at radius 2 is 1.95 bits per heavy atom. The molecular weight excluding hydrogens is 379 g/mol. The van der Waals surface area contributed by atoms with E-state index in [1.165, 1.54) is 0 Å². The molecule has 0 fully saturated rings. The molecule has 0 atom stereocenters. The van der Waals surface area contributed by atoms with Crippen LogP contribution in [0.4, 0.5) is 11.4 Å². The van der Waals surface area contributed by atoms with E-state index >= 15 is 0 Å². The molecule has 0 aromatic heterocycles. The first-order valence-electron chi connectivity index (χ1n) is 5.71. The van der Waals surface area contributed by atoms with Gasteiger partial charge in [-0.1, -0.05) is 41.5 Å². The lowest BCUT2D eigenvalue weighted by atomic mass is 10.2. The van der Waals surface area contributed by atoms with Crippen LogP contribution in [-0.2, 0) is 0 Å². The molecule has 0 unspecified atom stereocenters. The van der Waals surface area contributed by atoms with Crippen molar-refractivity contribution < 1.29 is 0 Å². The Bertz CT molecular complexity index is 689. The summed E-state index contributed by atoms with van der Waals surface area (Å²) in [6, 6.07) is 9.24. The van der Waals surface area contributed by atoms with Gasteiger partial charge in [0.15, 0.2) is 0 Å². The Morgan fingerprint density at radius 1 is 1.25 bits per heavy atom. The molecule has 0 heterocycles. The monoisotopic (exact) mass is 388 g/mol. The van der Waals surface area contributed by atoms with E-state index in [1.54, 1.807) is 0 Å². The van der Waals surface area contributed by atoms with Gasteiger partial charge >= 0.3 is 0 Å². The maximum Gasteiger partial charge on any atom is 0.104 e. The van der Waals surface area contributed by atoms with Crippen molar-refractivity contribution in [2.75, 3.05) is 5.32 Å². The van der Waals surface area contributed by atoms with Gasteiger partial charge in [0.05, 0.1) is 21.4 Å². The zero-order valence-electron chi connectivity index (χ0n) is 10.5. The molecule has 2 rings (SSSR count). The van der Waals surface area contributed by atoms with Gasteiger partial charge in [-0.2, -0.15) is 0 Å². The van der Waals surface area contributed by atoms with Gasteiger partial charge in [0.1, 0.15) is 4.99 Å². The highest BCUT2D eigenvalue weighted by Gasteiger charge is 2.11. The third kappa shape index (κ3) is 3.26. The number of halogens is 3. The third-order valence-electron chi connectivity index (χ3n) is 2.80. The molecule has 0 saturated carbocycles. The van der Waals surface area contributed by atoms with Crippen molar-refractivity contribution >= 4 is 67.7 Å². The van der Waals surface area contributed by atoms with Gasteiger partial charge in [0.2, 0.25) is 0 Å². The predicted octanol–water partition coefficient (Wildman–Crippen LogP) is 5.44. The average Bonchev–Trinajstić information content (AvgIpc) is 2.40. The smallest absolute Gasteiger partial charge is 0.104 e. The summed E-state index contributed by atoms with van der Waals surface area (Å²) in [6.45, 7) is 1.93. The quantitative estimate of drug-likeness (QED) is 0.686. The van der Waals surface area contributed by atoms with E-state index in [9.17, 15) is 0 Å². The molecule has 0 spiro atoms. The number of benzene rings is 2. The van der Waals surface area contributed by atoms with E-state index in [4.69, 9.17) is 41.2 Å². The molecule has 6 heteroatoms. The highest BCUT2D eigenvalue weighted by molar-refractivity contribution is 9.10. The lowest BCUT2D eigenvalue weighted by Crippen LogP contribution is -2.09. The predicted molar refractivity (Wildman–Crippen MR) is 94.5 cm³/mol. The van der Waals surface area contributed by atoms with Crippen LogP contribution in [0.1, 0.15) is 11.1 Å². The maximum atomic E-state index is 6.28. The number of rotatable bonds is 3. The van der Waals surface area contributed by atoms with Crippen LogP contribution in [0.25, 0.3) is 0 Å². The van der Waals surface area contributed by atoms with Crippen LogP contribution < -0.4 is 11.1 Å². The fourth-order valence-corrected chi connectivity index (χ4v) is 2.75. The summed E-state index contributed by atoms with van der Waals surface area (Å²) in [5.74, 6) is 0. The van der Waals surface area contributed by atoms with E-state index in [0.29, 0.717) is 20.7 Å². The van der Waals surface area contributed by atoms with E-state index in [-0.39, 0.29) is 0 Å². The number of hydrogen-bond donors (Lipinski definition) is 2. The second kappa shape index (κ2) is 6.31. The van der Waals surface area contributed by atoms with E-state index < -0.39 is 0 Å². The van der Waals surface area contributed by atoms with Crippen LogP contribution in [0.2, 0.25) is 10.0 Å². The van der Waals surface area contributed by atoms with Crippen LogP contribution >= 0.6 is 51.3 Å². The van der Waals surface area contributed by atoms with Crippen molar-refractivity contribution in [2.45, 2.75) is 6.92 Å². The van der Waals surface area contributed by atoms with Crippen LogP contribution in [0.15, 0.2) is 34.8 Å². The maximum absolute atomic E-state index is 6.28. The molecule has 0 saturated heterocycles. The molecule has 0 aliphatic heterocycles. The molecular formula is C14H11BrCl2N2S. The summed E-state index contributed by atoms with van der Waals surface area (Å²) in [5, 5.41) is 4.38. The summed E-state index contributed by atoms with van der Waals surface area (Å²) in [7, 11) is 0. The minimum atomic E-state index is 0.351. The van der Waals surface area contributed by atoms with Crippen molar-refractivity contribution in [3.05, 3.63) is 56.0 Å². The molecule has 0 aliphatic carbocycles. The van der Waals surface area contributed by atoms with Gasteiger partial charge in [-0.05, 0) is 52.7 Å². The van der Waals surface area contributed by atoms with Crippen molar-refractivity contribution in [2.24, 2.45) is 5.73 Å². The lowest BCUT2D eigenvalue weighted by Gasteiger charge is -2.14. The molecule has 0 bridgehead atoms. The fourth-order valence-electron chi connectivity index (χ4n) is 1.68. The van der Waals surface area contributed by atoms with Gasteiger partial charge in [-0.3, -0.25) is 0 Å². The molecule has 0 radical (unpaired) electrons. The van der Waals surface area contributed by atoms with Crippen LogP contribution in [0.3, 0.4) is 0 Å². The lowest BCUT2D eigenvalue weighted by molar-refractivity contribution is 1.44. The molecule has 2 aromatic carbocycles. The zero-order valence-corrected chi connectivity index (χ0v) is 14.4. The molecule has 104 valence electrons. The number of hydrogen-bond acceptors (Lipinski definition) is 2. The third-order valence-corrected chi connectivity index (χ3v) is 4.49. The standard InChI is InChI=1S/C14H11BrCl2N2S/c1-7-2-4-10(16)13(12(7)17)19-11-5-3-8(14(18)20)6-9(11)15/h2-6,19H,1H3,(H2,18,20). The normalized spacial score (nSPS) is 10.4. The van der Waals surface area contributed by atoms with Gasteiger partial charge < -0.3 is 11.1 Å². The Morgan fingerprint density at radius 3 is 2.55 bits per heavy atom. The minimum absolute atomic E-state index is 0.351. The van der Waals surface area contributed by atoms with E-state index in [1.807, 2.05) is 37.3 Å². The van der Waals surface area contributed by atoms with Gasteiger partial charge in [0.25, 0.3) is 0 Å². The Balaban J connectivity index is 2.41. The summed E-state index contributed by atoms with van der Waals surface area (Å²) in [4.78, 5) is 0.351. The highest BCUT2D eigenvalue weighted by Crippen LogP contribution is 2.37. The summed E-state index contributed by atoms with van der Waals surface area (Å²) in [6.07, 6.45) is 0. The van der Waals surface area contributed by atoms with Gasteiger partial charge in [-0.25, -0.2) is 0 Å². The number of anilines is 2. The summed E-state index contributed by atoms with van der Waals surface area (Å²) in [5.41, 5.74) is 8.86. The van der Waals surface area contributed by atoms with Crippen molar-refractivity contribution in [1.82, 2.24) is 0 Å². The molecule has 3 N–H and O–H groups in total. The van der Waals surface area contributed by atoms with Gasteiger partial charge in [-0.15, -0.1) is 0 Å². The Labute approximate surface area is 141 Å². The minimum Gasteiger partial charge on any atom is -0.389 e. The Hall–Kier alpha value is -0.810. The highest BCUT2D eigenvalue weighted by atomic mass is 79.9.